The molecule has 60 valence electrons. The van der Waals surface area contributed by atoms with Crippen LogP contribution in [0.25, 0.3) is 0 Å². The van der Waals surface area contributed by atoms with Crippen LogP contribution in [-0.2, 0) is 0 Å². The maximum absolute atomic E-state index is 7.42. The number of nitrogens with one attached hydrogen (secondary N) is 1. The standard InChI is InChI=1S/C9H13NS/c1-6(2)4-8-7(3)5-9(10)11-8/h4,6,10H,3,5H2,1-2H3/b8-4+,10-9?. The molecule has 0 aromatic carbocycles. The second-order valence-electron chi connectivity index (χ2n) is 3.08. The number of hydrogen-bond donors (Lipinski definition) is 1. The van der Waals surface area contributed by atoms with E-state index < -0.39 is 0 Å². The lowest BCUT2D eigenvalue weighted by molar-refractivity contribution is 0.829. The van der Waals surface area contributed by atoms with Crippen molar-refractivity contribution in [3.05, 3.63) is 23.1 Å². The van der Waals surface area contributed by atoms with Gasteiger partial charge in [0.1, 0.15) is 0 Å². The van der Waals surface area contributed by atoms with E-state index in [1.54, 1.807) is 11.8 Å². The van der Waals surface area contributed by atoms with Gasteiger partial charge in [-0.05, 0) is 11.5 Å². The fraction of sp³-hybridized carbons (Fsp3) is 0.444. The summed E-state index contributed by atoms with van der Waals surface area (Å²) in [5, 5.41) is 8.14. The monoisotopic (exact) mass is 167 g/mol. The van der Waals surface area contributed by atoms with E-state index in [0.29, 0.717) is 5.92 Å². The Kier molecular flexibility index (Phi) is 2.55. The summed E-state index contributed by atoms with van der Waals surface area (Å²) in [5.74, 6) is 0.556. The molecular weight excluding hydrogens is 154 g/mol. The molecule has 11 heavy (non-hydrogen) atoms. The molecule has 0 spiro atoms. The first-order valence-electron chi connectivity index (χ1n) is 3.75. The van der Waals surface area contributed by atoms with Crippen molar-refractivity contribution in [2.45, 2.75) is 20.3 Å². The van der Waals surface area contributed by atoms with Gasteiger partial charge < -0.3 is 0 Å². The largest absolute Gasteiger partial charge is 0.298 e. The third-order valence-corrected chi connectivity index (χ3v) is 2.48. The van der Waals surface area contributed by atoms with Crippen molar-refractivity contribution in [3.63, 3.8) is 0 Å². The summed E-state index contributed by atoms with van der Waals surface area (Å²) < 4.78 is 0. The van der Waals surface area contributed by atoms with Crippen LogP contribution in [0.15, 0.2) is 23.1 Å². The molecule has 0 unspecified atom stereocenters. The number of thioether (sulfide) groups is 1. The lowest BCUT2D eigenvalue weighted by Crippen LogP contribution is -1.81. The van der Waals surface area contributed by atoms with Crippen LogP contribution in [0.4, 0.5) is 0 Å². The second-order valence-corrected chi connectivity index (χ2v) is 4.22. The number of hydrogen-bond acceptors (Lipinski definition) is 2. The fourth-order valence-corrected chi connectivity index (χ4v) is 2.05. The van der Waals surface area contributed by atoms with E-state index in [0.717, 1.165) is 17.0 Å². The van der Waals surface area contributed by atoms with Crippen molar-refractivity contribution in [3.8, 4) is 0 Å². The molecule has 1 rings (SSSR count). The zero-order valence-electron chi connectivity index (χ0n) is 6.98. The maximum atomic E-state index is 7.42. The molecule has 0 atom stereocenters. The summed E-state index contributed by atoms with van der Waals surface area (Å²) in [7, 11) is 0. The lowest BCUT2D eigenvalue weighted by atomic mass is 10.1. The second kappa shape index (κ2) is 3.26. The van der Waals surface area contributed by atoms with Gasteiger partial charge in [-0.3, -0.25) is 5.41 Å². The Bertz CT molecular complexity index is 226. The van der Waals surface area contributed by atoms with E-state index in [4.69, 9.17) is 5.41 Å². The molecule has 1 heterocycles. The van der Waals surface area contributed by atoms with Crippen molar-refractivity contribution in [2.24, 2.45) is 5.92 Å². The zero-order chi connectivity index (χ0) is 8.43. The SMILES string of the molecule is C=C1CC(=N)S/C1=C/C(C)C. The van der Waals surface area contributed by atoms with Crippen molar-refractivity contribution in [1.82, 2.24) is 0 Å². The molecule has 1 aliphatic rings. The van der Waals surface area contributed by atoms with E-state index in [2.05, 4.69) is 26.5 Å². The number of rotatable bonds is 1. The van der Waals surface area contributed by atoms with E-state index >= 15 is 0 Å². The van der Waals surface area contributed by atoms with E-state index in [1.165, 1.54) is 4.91 Å². The molecular formula is C9H13NS. The van der Waals surface area contributed by atoms with E-state index in [1.807, 2.05) is 0 Å². The van der Waals surface area contributed by atoms with Gasteiger partial charge in [-0.2, -0.15) is 0 Å². The first-order valence-corrected chi connectivity index (χ1v) is 4.56. The molecule has 1 nitrogen and oxygen atoms in total. The van der Waals surface area contributed by atoms with Crippen LogP contribution < -0.4 is 0 Å². The Balaban J connectivity index is 2.75. The molecule has 0 aromatic heterocycles. The van der Waals surface area contributed by atoms with Crippen molar-refractivity contribution in [1.29, 1.82) is 5.41 Å². The Morgan fingerprint density at radius 3 is 2.64 bits per heavy atom. The van der Waals surface area contributed by atoms with Gasteiger partial charge in [0.05, 0.1) is 5.04 Å². The lowest BCUT2D eigenvalue weighted by Gasteiger charge is -1.98. The summed E-state index contributed by atoms with van der Waals surface area (Å²) in [6.45, 7) is 8.19. The van der Waals surface area contributed by atoms with Gasteiger partial charge in [0.15, 0.2) is 0 Å². The van der Waals surface area contributed by atoms with Crippen LogP contribution in [0.5, 0.6) is 0 Å². The molecule has 1 aliphatic heterocycles. The van der Waals surface area contributed by atoms with Crippen LogP contribution >= 0.6 is 11.8 Å². The third kappa shape index (κ3) is 2.22. The van der Waals surface area contributed by atoms with Gasteiger partial charge in [0.25, 0.3) is 0 Å². The van der Waals surface area contributed by atoms with Crippen LogP contribution in [0, 0.1) is 11.3 Å². The number of allylic oxidation sites excluding steroid dienone is 2. The third-order valence-electron chi connectivity index (χ3n) is 1.44. The Morgan fingerprint density at radius 2 is 2.27 bits per heavy atom. The molecule has 0 saturated carbocycles. The Morgan fingerprint density at radius 1 is 1.64 bits per heavy atom. The van der Waals surface area contributed by atoms with Gasteiger partial charge in [-0.15, -0.1) is 0 Å². The minimum atomic E-state index is 0.556. The van der Waals surface area contributed by atoms with Gasteiger partial charge >= 0.3 is 0 Å². The summed E-state index contributed by atoms with van der Waals surface area (Å²) in [6, 6.07) is 0. The molecule has 0 amide bonds. The van der Waals surface area contributed by atoms with E-state index in [-0.39, 0.29) is 0 Å². The fourth-order valence-electron chi connectivity index (χ4n) is 0.977. The molecule has 1 fully saturated rings. The molecule has 0 aliphatic carbocycles. The van der Waals surface area contributed by atoms with Gasteiger partial charge in [-0.1, -0.05) is 38.3 Å². The van der Waals surface area contributed by atoms with Crippen LogP contribution in [0.1, 0.15) is 20.3 Å². The quantitative estimate of drug-likeness (QED) is 0.637. The molecule has 1 saturated heterocycles. The topological polar surface area (TPSA) is 23.9 Å². The molecule has 0 bridgehead atoms. The highest BCUT2D eigenvalue weighted by atomic mass is 32.2. The average molecular weight is 167 g/mol. The summed E-state index contributed by atoms with van der Waals surface area (Å²) in [5.41, 5.74) is 1.11. The van der Waals surface area contributed by atoms with Crippen molar-refractivity contribution < 1.29 is 0 Å². The predicted molar refractivity (Wildman–Crippen MR) is 52.0 cm³/mol. The first kappa shape index (κ1) is 8.60. The molecule has 0 aromatic rings. The van der Waals surface area contributed by atoms with Crippen LogP contribution in [-0.4, -0.2) is 5.04 Å². The highest BCUT2D eigenvalue weighted by Gasteiger charge is 2.17. The zero-order valence-corrected chi connectivity index (χ0v) is 7.79. The summed E-state index contributed by atoms with van der Waals surface area (Å²) in [4.78, 5) is 1.20. The first-order chi connectivity index (χ1) is 5.09. The van der Waals surface area contributed by atoms with Crippen molar-refractivity contribution in [2.75, 3.05) is 0 Å². The maximum Gasteiger partial charge on any atom is 0.0733 e. The normalized spacial score (nSPS) is 22.3. The summed E-state index contributed by atoms with van der Waals surface area (Å²) in [6.07, 6.45) is 2.93. The van der Waals surface area contributed by atoms with Crippen LogP contribution in [0.2, 0.25) is 0 Å². The van der Waals surface area contributed by atoms with Crippen molar-refractivity contribution >= 4 is 16.8 Å². The minimum absolute atomic E-state index is 0.556. The predicted octanol–water partition coefficient (Wildman–Crippen LogP) is 3.20. The Hall–Kier alpha value is -0.500. The minimum Gasteiger partial charge on any atom is -0.298 e. The van der Waals surface area contributed by atoms with Crippen LogP contribution in [0.3, 0.4) is 0 Å². The van der Waals surface area contributed by atoms with Gasteiger partial charge in [0, 0.05) is 11.3 Å². The molecule has 1 N–H and O–H groups in total. The average Bonchev–Trinajstić information content (AvgIpc) is 2.09. The molecule has 0 radical (unpaired) electrons. The van der Waals surface area contributed by atoms with E-state index in [9.17, 15) is 0 Å². The highest BCUT2D eigenvalue weighted by molar-refractivity contribution is 8.17. The Labute approximate surface area is 72.1 Å². The summed E-state index contributed by atoms with van der Waals surface area (Å²) >= 11 is 1.55. The molecule has 2 heteroatoms. The van der Waals surface area contributed by atoms with Gasteiger partial charge in [0.2, 0.25) is 0 Å². The highest BCUT2D eigenvalue weighted by Crippen LogP contribution is 2.36. The van der Waals surface area contributed by atoms with Gasteiger partial charge in [-0.25, -0.2) is 0 Å². The smallest absolute Gasteiger partial charge is 0.0733 e.